The third-order valence-electron chi connectivity index (χ3n) is 6.00. The lowest BCUT2D eigenvalue weighted by atomic mass is 10.0. The first-order chi connectivity index (χ1) is 13.8. The van der Waals surface area contributed by atoms with E-state index in [1.807, 2.05) is 0 Å². The first kappa shape index (κ1) is 19.1. The Bertz CT molecular complexity index is 744. The van der Waals surface area contributed by atoms with Crippen molar-refractivity contribution in [1.29, 1.82) is 0 Å². The fourth-order valence-corrected chi connectivity index (χ4v) is 4.40. The molecule has 2 aromatic carbocycles. The van der Waals surface area contributed by atoms with Crippen LogP contribution >= 0.6 is 0 Å². The van der Waals surface area contributed by atoms with Crippen LogP contribution in [0.15, 0.2) is 48.5 Å². The van der Waals surface area contributed by atoms with Crippen LogP contribution in [-0.2, 0) is 6.42 Å². The minimum absolute atomic E-state index is 0.338. The second-order valence-corrected chi connectivity index (χ2v) is 7.98. The van der Waals surface area contributed by atoms with Crippen molar-refractivity contribution in [2.24, 2.45) is 0 Å². The van der Waals surface area contributed by atoms with Gasteiger partial charge in [-0.15, -0.1) is 0 Å². The van der Waals surface area contributed by atoms with Crippen LogP contribution in [0.3, 0.4) is 0 Å². The molecule has 1 atom stereocenters. The summed E-state index contributed by atoms with van der Waals surface area (Å²) in [5.41, 5.74) is 2.64. The first-order valence-electron chi connectivity index (χ1n) is 10.7. The summed E-state index contributed by atoms with van der Waals surface area (Å²) in [4.78, 5) is 2.47. The molecule has 4 rings (SSSR count). The number of nitrogens with zero attached hydrogens (tertiary/aromatic N) is 1. The molecule has 1 N–H and O–H groups in total. The number of anilines is 1. The molecule has 2 fully saturated rings. The summed E-state index contributed by atoms with van der Waals surface area (Å²) in [7, 11) is 1.72. The van der Waals surface area contributed by atoms with Gasteiger partial charge in [-0.3, -0.25) is 0 Å². The lowest BCUT2D eigenvalue weighted by Gasteiger charge is -2.24. The molecule has 0 radical (unpaired) electrons. The van der Waals surface area contributed by atoms with Gasteiger partial charge >= 0.3 is 0 Å². The van der Waals surface area contributed by atoms with Gasteiger partial charge in [0, 0.05) is 37.4 Å². The number of methoxy groups -OCH3 is 1. The number of rotatable bonds is 6. The van der Waals surface area contributed by atoms with E-state index in [0.717, 1.165) is 56.8 Å². The Morgan fingerprint density at radius 2 is 1.79 bits per heavy atom. The maximum atomic E-state index is 6.29. The van der Waals surface area contributed by atoms with Gasteiger partial charge in [0.15, 0.2) is 11.5 Å². The summed E-state index contributed by atoms with van der Waals surface area (Å²) in [5.74, 6) is 1.73. The van der Waals surface area contributed by atoms with Gasteiger partial charge in [0.05, 0.1) is 13.2 Å². The van der Waals surface area contributed by atoms with Gasteiger partial charge in [-0.05, 0) is 56.2 Å². The van der Waals surface area contributed by atoms with Crippen molar-refractivity contribution in [1.82, 2.24) is 5.32 Å². The van der Waals surface area contributed by atoms with E-state index in [4.69, 9.17) is 9.47 Å². The molecule has 0 aromatic heterocycles. The van der Waals surface area contributed by atoms with E-state index in [0.29, 0.717) is 12.1 Å². The van der Waals surface area contributed by atoms with Crippen LogP contribution in [0, 0.1) is 0 Å². The van der Waals surface area contributed by atoms with Crippen molar-refractivity contribution in [2.75, 3.05) is 31.6 Å². The Morgan fingerprint density at radius 1 is 0.964 bits per heavy atom. The molecule has 0 unspecified atom stereocenters. The number of benzene rings is 2. The summed E-state index contributed by atoms with van der Waals surface area (Å²) in [5, 5.41) is 3.73. The zero-order chi connectivity index (χ0) is 19.2. The van der Waals surface area contributed by atoms with Gasteiger partial charge in [0.1, 0.15) is 0 Å². The van der Waals surface area contributed by atoms with Crippen LogP contribution in [-0.4, -0.2) is 38.9 Å². The fourth-order valence-electron chi connectivity index (χ4n) is 4.40. The smallest absolute Gasteiger partial charge is 0.163 e. The molecule has 1 saturated heterocycles. The van der Waals surface area contributed by atoms with Crippen LogP contribution in [0.4, 0.5) is 5.69 Å². The predicted molar refractivity (Wildman–Crippen MR) is 115 cm³/mol. The lowest BCUT2D eigenvalue weighted by Crippen LogP contribution is -2.32. The van der Waals surface area contributed by atoms with Gasteiger partial charge in [0.25, 0.3) is 0 Å². The molecule has 2 aromatic rings. The van der Waals surface area contributed by atoms with Gasteiger partial charge in [-0.2, -0.15) is 0 Å². The van der Waals surface area contributed by atoms with Crippen LogP contribution in [0.5, 0.6) is 11.5 Å². The molecule has 150 valence electrons. The molecular weight excluding hydrogens is 348 g/mol. The Kier molecular flexibility index (Phi) is 6.38. The van der Waals surface area contributed by atoms with Gasteiger partial charge in [0.2, 0.25) is 0 Å². The molecule has 0 amide bonds. The van der Waals surface area contributed by atoms with Gasteiger partial charge in [-0.25, -0.2) is 0 Å². The van der Waals surface area contributed by atoms with Crippen LogP contribution in [0.2, 0.25) is 0 Å². The minimum Gasteiger partial charge on any atom is -0.493 e. The van der Waals surface area contributed by atoms with Crippen molar-refractivity contribution in [3.05, 3.63) is 54.1 Å². The highest BCUT2D eigenvalue weighted by atomic mass is 16.5. The zero-order valence-electron chi connectivity index (χ0n) is 16.9. The Labute approximate surface area is 168 Å². The van der Waals surface area contributed by atoms with E-state index in [1.165, 1.54) is 24.1 Å². The van der Waals surface area contributed by atoms with E-state index in [2.05, 4.69) is 58.7 Å². The number of hydrogen-bond donors (Lipinski definition) is 1. The quantitative estimate of drug-likeness (QED) is 0.804. The van der Waals surface area contributed by atoms with E-state index < -0.39 is 0 Å². The van der Waals surface area contributed by atoms with Crippen LogP contribution in [0.25, 0.3) is 0 Å². The molecular formula is C24H32N2O2. The highest BCUT2D eigenvalue weighted by Crippen LogP contribution is 2.35. The number of hydrogen-bond acceptors (Lipinski definition) is 4. The van der Waals surface area contributed by atoms with Crippen molar-refractivity contribution >= 4 is 5.69 Å². The number of nitrogens with one attached hydrogen (secondary N) is 1. The number of ether oxygens (including phenoxy) is 2. The maximum Gasteiger partial charge on any atom is 0.163 e. The molecule has 1 aliphatic heterocycles. The third-order valence-corrected chi connectivity index (χ3v) is 6.00. The van der Waals surface area contributed by atoms with E-state index >= 15 is 0 Å². The lowest BCUT2D eigenvalue weighted by molar-refractivity contribution is 0.201. The second-order valence-electron chi connectivity index (χ2n) is 7.98. The van der Waals surface area contributed by atoms with Crippen molar-refractivity contribution in [2.45, 2.75) is 50.7 Å². The van der Waals surface area contributed by atoms with Gasteiger partial charge in [-0.1, -0.05) is 30.3 Å². The summed E-state index contributed by atoms with van der Waals surface area (Å²) in [6.45, 7) is 3.07. The molecule has 0 bridgehead atoms. The Hall–Kier alpha value is -2.20. The normalized spacial score (nSPS) is 20.8. The predicted octanol–water partition coefficient (Wildman–Crippen LogP) is 4.43. The fraction of sp³-hybridized carbons (Fsp3) is 0.500. The van der Waals surface area contributed by atoms with Crippen molar-refractivity contribution in [3.8, 4) is 11.5 Å². The van der Waals surface area contributed by atoms with Crippen LogP contribution < -0.4 is 19.7 Å². The standard InChI is InChI=1S/C24H32N2O2/c1-27-23-12-11-21(18-24(23)28-22-9-5-6-10-22)26-15-13-20(25-14-16-26)17-19-7-3-2-4-8-19/h2-4,7-8,11-12,18,20,22,25H,5-6,9-10,13-17H2,1H3/t20-/m1/s1. The monoisotopic (exact) mass is 380 g/mol. The summed E-state index contributed by atoms with van der Waals surface area (Å²) in [6.07, 6.45) is 7.42. The molecule has 4 nitrogen and oxygen atoms in total. The molecule has 28 heavy (non-hydrogen) atoms. The van der Waals surface area contributed by atoms with Crippen molar-refractivity contribution in [3.63, 3.8) is 0 Å². The second kappa shape index (κ2) is 9.33. The molecule has 2 aliphatic rings. The first-order valence-corrected chi connectivity index (χ1v) is 10.7. The summed E-state index contributed by atoms with van der Waals surface area (Å²) < 4.78 is 11.8. The largest absolute Gasteiger partial charge is 0.493 e. The maximum absolute atomic E-state index is 6.29. The zero-order valence-corrected chi connectivity index (χ0v) is 16.9. The van der Waals surface area contributed by atoms with Gasteiger partial charge < -0.3 is 19.7 Å². The third kappa shape index (κ3) is 4.79. The summed E-state index contributed by atoms with van der Waals surface area (Å²) in [6, 6.07) is 17.7. The highest BCUT2D eigenvalue weighted by molar-refractivity contribution is 5.56. The van der Waals surface area contributed by atoms with Crippen molar-refractivity contribution < 1.29 is 9.47 Å². The average molecular weight is 381 g/mol. The molecule has 1 aliphatic carbocycles. The Balaban J connectivity index is 1.42. The molecule has 4 heteroatoms. The molecule has 1 heterocycles. The van der Waals surface area contributed by atoms with E-state index in [-0.39, 0.29) is 0 Å². The summed E-state index contributed by atoms with van der Waals surface area (Å²) >= 11 is 0. The highest BCUT2D eigenvalue weighted by Gasteiger charge is 2.21. The topological polar surface area (TPSA) is 33.7 Å². The SMILES string of the molecule is COc1ccc(N2CCN[C@@H](Cc3ccccc3)CC2)cc1OC1CCCC1. The van der Waals surface area contributed by atoms with E-state index in [1.54, 1.807) is 7.11 Å². The minimum atomic E-state index is 0.338. The Morgan fingerprint density at radius 3 is 2.57 bits per heavy atom. The molecule has 1 saturated carbocycles. The van der Waals surface area contributed by atoms with Crippen LogP contribution in [0.1, 0.15) is 37.7 Å². The molecule has 0 spiro atoms. The average Bonchev–Trinajstić information content (AvgIpc) is 3.13. The van der Waals surface area contributed by atoms with E-state index in [9.17, 15) is 0 Å².